The summed E-state index contributed by atoms with van der Waals surface area (Å²) < 4.78 is 18.9. The highest BCUT2D eigenvalue weighted by molar-refractivity contribution is 5.36. The molecule has 0 aromatic heterocycles. The summed E-state index contributed by atoms with van der Waals surface area (Å²) >= 11 is 0. The summed E-state index contributed by atoms with van der Waals surface area (Å²) in [5, 5.41) is 21.9. The molecule has 1 heterocycles. The van der Waals surface area contributed by atoms with Gasteiger partial charge in [-0.05, 0) is 44.1 Å². The van der Waals surface area contributed by atoms with Crippen LogP contribution in [0.15, 0.2) is 18.2 Å². The van der Waals surface area contributed by atoms with Crippen LogP contribution >= 0.6 is 0 Å². The fourth-order valence-electron chi connectivity index (χ4n) is 1.94. The molecule has 1 fully saturated rings. The van der Waals surface area contributed by atoms with Gasteiger partial charge in [0.05, 0.1) is 11.6 Å². The van der Waals surface area contributed by atoms with Crippen molar-refractivity contribution in [1.82, 2.24) is 5.32 Å². The molecule has 2 rings (SSSR count). The first-order valence-corrected chi connectivity index (χ1v) is 5.88. The average molecular weight is 250 g/mol. The van der Waals surface area contributed by atoms with Gasteiger partial charge in [0, 0.05) is 0 Å². The lowest BCUT2D eigenvalue weighted by molar-refractivity contribution is -0.0294. The van der Waals surface area contributed by atoms with Crippen molar-refractivity contribution in [3.8, 4) is 11.8 Å². The fraction of sp³-hybridized carbons (Fsp3) is 0.462. The van der Waals surface area contributed by atoms with Crippen LogP contribution in [0.2, 0.25) is 0 Å². The second-order valence-electron chi connectivity index (χ2n) is 4.52. The number of nitrogens with one attached hydrogen (secondary N) is 1. The van der Waals surface area contributed by atoms with E-state index in [1.54, 1.807) is 0 Å². The molecule has 0 radical (unpaired) electrons. The van der Waals surface area contributed by atoms with Gasteiger partial charge in [-0.15, -0.1) is 0 Å². The minimum absolute atomic E-state index is 0.0670. The zero-order valence-corrected chi connectivity index (χ0v) is 9.95. The number of rotatable bonds is 3. The van der Waals surface area contributed by atoms with Gasteiger partial charge < -0.3 is 15.2 Å². The van der Waals surface area contributed by atoms with Crippen LogP contribution in [0.25, 0.3) is 0 Å². The van der Waals surface area contributed by atoms with Gasteiger partial charge in [0.15, 0.2) is 11.6 Å². The summed E-state index contributed by atoms with van der Waals surface area (Å²) in [6.45, 7) is 1.53. The highest BCUT2D eigenvalue weighted by atomic mass is 19.1. The molecule has 0 aliphatic carbocycles. The first kappa shape index (κ1) is 12.8. The molecule has 1 saturated heterocycles. The molecule has 0 spiro atoms. The summed E-state index contributed by atoms with van der Waals surface area (Å²) in [4.78, 5) is 0. The Hall–Kier alpha value is -1.64. The summed E-state index contributed by atoms with van der Waals surface area (Å²) in [5.41, 5.74) is -0.647. The number of nitrogens with zero attached hydrogens (tertiary/aromatic N) is 1. The normalized spacial score (nSPS) is 18.1. The number of halogens is 1. The van der Waals surface area contributed by atoms with Gasteiger partial charge in [0.1, 0.15) is 12.2 Å². The van der Waals surface area contributed by atoms with Crippen LogP contribution in [0.4, 0.5) is 4.39 Å². The van der Waals surface area contributed by atoms with Gasteiger partial charge in [-0.2, -0.15) is 5.26 Å². The molecule has 4 nitrogen and oxygen atoms in total. The SMILES string of the molecule is N#Cc1ccc(OCC2(O)CCNCC2)c(F)c1. The monoisotopic (exact) mass is 250 g/mol. The minimum Gasteiger partial charge on any atom is -0.488 e. The van der Waals surface area contributed by atoms with E-state index in [4.69, 9.17) is 10.00 Å². The van der Waals surface area contributed by atoms with E-state index in [-0.39, 0.29) is 17.9 Å². The maximum atomic E-state index is 13.5. The first-order chi connectivity index (χ1) is 8.63. The predicted molar refractivity (Wildman–Crippen MR) is 63.7 cm³/mol. The Labute approximate surface area is 105 Å². The molecule has 18 heavy (non-hydrogen) atoms. The van der Waals surface area contributed by atoms with E-state index < -0.39 is 11.4 Å². The number of ether oxygens (including phenoxy) is 1. The molecule has 2 N–H and O–H groups in total. The summed E-state index contributed by atoms with van der Waals surface area (Å²) in [5.74, 6) is -0.507. The zero-order valence-electron chi connectivity index (χ0n) is 9.95. The largest absolute Gasteiger partial charge is 0.488 e. The Bertz CT molecular complexity index is 465. The van der Waals surface area contributed by atoms with Gasteiger partial charge in [-0.1, -0.05) is 0 Å². The van der Waals surface area contributed by atoms with Gasteiger partial charge in [0.2, 0.25) is 0 Å². The smallest absolute Gasteiger partial charge is 0.166 e. The number of benzene rings is 1. The lowest BCUT2D eigenvalue weighted by Crippen LogP contribution is -2.46. The number of piperidine rings is 1. The van der Waals surface area contributed by atoms with Crippen molar-refractivity contribution >= 4 is 0 Å². The highest BCUT2D eigenvalue weighted by Gasteiger charge is 2.30. The molecule has 0 amide bonds. The number of aliphatic hydroxyl groups is 1. The maximum absolute atomic E-state index is 13.5. The van der Waals surface area contributed by atoms with Crippen molar-refractivity contribution in [3.05, 3.63) is 29.6 Å². The molecule has 1 aliphatic rings. The first-order valence-electron chi connectivity index (χ1n) is 5.88. The van der Waals surface area contributed by atoms with Crippen molar-refractivity contribution in [2.24, 2.45) is 0 Å². The highest BCUT2D eigenvalue weighted by Crippen LogP contribution is 2.23. The van der Waals surface area contributed by atoms with Gasteiger partial charge in [-0.25, -0.2) is 4.39 Å². The van der Waals surface area contributed by atoms with Crippen molar-refractivity contribution in [1.29, 1.82) is 5.26 Å². The topological polar surface area (TPSA) is 65.3 Å². The summed E-state index contributed by atoms with van der Waals surface area (Å²) in [7, 11) is 0. The molecule has 0 atom stereocenters. The standard InChI is InChI=1S/C13H15FN2O2/c14-11-7-10(8-15)1-2-12(11)18-9-13(17)3-5-16-6-4-13/h1-2,7,16-17H,3-6,9H2. The van der Waals surface area contributed by atoms with Gasteiger partial charge in [-0.3, -0.25) is 0 Å². The quantitative estimate of drug-likeness (QED) is 0.845. The summed E-state index contributed by atoms with van der Waals surface area (Å²) in [6.07, 6.45) is 1.18. The molecule has 1 aliphatic heterocycles. The van der Waals surface area contributed by atoms with Crippen molar-refractivity contribution in [2.45, 2.75) is 18.4 Å². The van der Waals surface area contributed by atoms with Crippen LogP contribution < -0.4 is 10.1 Å². The van der Waals surface area contributed by atoms with Gasteiger partial charge >= 0.3 is 0 Å². The van der Waals surface area contributed by atoms with Crippen LogP contribution in [0, 0.1) is 17.1 Å². The van der Waals surface area contributed by atoms with Crippen molar-refractivity contribution in [2.75, 3.05) is 19.7 Å². The Morgan fingerprint density at radius 1 is 1.44 bits per heavy atom. The second kappa shape index (κ2) is 5.34. The molecule has 1 aromatic rings. The van der Waals surface area contributed by atoms with E-state index in [1.165, 1.54) is 12.1 Å². The molecular formula is C13H15FN2O2. The van der Waals surface area contributed by atoms with Crippen LogP contribution in [-0.2, 0) is 0 Å². The molecule has 0 saturated carbocycles. The van der Waals surface area contributed by atoms with Gasteiger partial charge in [0.25, 0.3) is 0 Å². The molecule has 5 heteroatoms. The zero-order chi connectivity index (χ0) is 13.0. The third-order valence-corrected chi connectivity index (χ3v) is 3.09. The fourth-order valence-corrected chi connectivity index (χ4v) is 1.94. The third-order valence-electron chi connectivity index (χ3n) is 3.09. The average Bonchev–Trinajstić information content (AvgIpc) is 2.38. The maximum Gasteiger partial charge on any atom is 0.166 e. The van der Waals surface area contributed by atoms with E-state index >= 15 is 0 Å². The van der Waals surface area contributed by atoms with Crippen LogP contribution in [0.1, 0.15) is 18.4 Å². The Morgan fingerprint density at radius 3 is 2.78 bits per heavy atom. The van der Waals surface area contributed by atoms with E-state index in [0.717, 1.165) is 19.2 Å². The number of nitriles is 1. The Balaban J connectivity index is 2.00. The molecule has 0 unspecified atom stereocenters. The minimum atomic E-state index is -0.897. The lowest BCUT2D eigenvalue weighted by atomic mass is 9.93. The summed E-state index contributed by atoms with van der Waals surface area (Å²) in [6, 6.07) is 5.89. The lowest BCUT2D eigenvalue weighted by Gasteiger charge is -2.32. The van der Waals surface area contributed by atoms with Crippen LogP contribution in [0.5, 0.6) is 5.75 Å². The molecule has 96 valence electrons. The number of hydrogen-bond donors (Lipinski definition) is 2. The van der Waals surface area contributed by atoms with Crippen molar-refractivity contribution < 1.29 is 14.2 Å². The third kappa shape index (κ3) is 2.97. The Kier molecular flexibility index (Phi) is 3.80. The predicted octanol–water partition coefficient (Wildman–Crippen LogP) is 1.19. The Morgan fingerprint density at radius 2 is 2.17 bits per heavy atom. The van der Waals surface area contributed by atoms with E-state index in [2.05, 4.69) is 5.32 Å². The van der Waals surface area contributed by atoms with E-state index in [0.29, 0.717) is 12.8 Å². The second-order valence-corrected chi connectivity index (χ2v) is 4.52. The number of hydrogen-bond acceptors (Lipinski definition) is 4. The molecule has 0 bridgehead atoms. The van der Waals surface area contributed by atoms with Crippen LogP contribution in [0.3, 0.4) is 0 Å². The molecule has 1 aromatic carbocycles. The van der Waals surface area contributed by atoms with Crippen molar-refractivity contribution in [3.63, 3.8) is 0 Å². The van der Waals surface area contributed by atoms with E-state index in [1.807, 2.05) is 6.07 Å². The van der Waals surface area contributed by atoms with Crippen LogP contribution in [-0.4, -0.2) is 30.4 Å². The van der Waals surface area contributed by atoms with E-state index in [9.17, 15) is 9.50 Å². The molecular weight excluding hydrogens is 235 g/mol.